The number of hydrogen-bond donors (Lipinski definition) is 2. The fourth-order valence-electron chi connectivity index (χ4n) is 2.20. The molecule has 1 aromatic heterocycles. The van der Waals surface area contributed by atoms with Gasteiger partial charge in [0.1, 0.15) is 11.8 Å². The van der Waals surface area contributed by atoms with Crippen LogP contribution in [-0.4, -0.2) is 29.6 Å². The van der Waals surface area contributed by atoms with Gasteiger partial charge in [-0.2, -0.15) is 5.26 Å². The van der Waals surface area contributed by atoms with E-state index in [1.54, 1.807) is 6.07 Å². The van der Waals surface area contributed by atoms with Gasteiger partial charge >= 0.3 is 0 Å². The Morgan fingerprint density at radius 3 is 2.83 bits per heavy atom. The molecule has 96 valence electrons. The molecule has 0 saturated carbocycles. The van der Waals surface area contributed by atoms with Crippen LogP contribution in [0.25, 0.3) is 0 Å². The van der Waals surface area contributed by atoms with Crippen LogP contribution in [-0.2, 0) is 0 Å². The fraction of sp³-hybridized carbons (Fsp3) is 0.615. The lowest BCUT2D eigenvalue weighted by Crippen LogP contribution is -2.39. The summed E-state index contributed by atoms with van der Waals surface area (Å²) in [6, 6.07) is 3.75. The van der Waals surface area contributed by atoms with E-state index in [9.17, 15) is 0 Å². The predicted molar refractivity (Wildman–Crippen MR) is 70.2 cm³/mol. The van der Waals surface area contributed by atoms with Crippen LogP contribution in [0.3, 0.4) is 0 Å². The van der Waals surface area contributed by atoms with Gasteiger partial charge < -0.3 is 10.6 Å². The number of aryl methyl sites for hydroxylation is 1. The predicted octanol–water partition coefficient (Wildman–Crippen LogP) is 1.46. The molecule has 1 aromatic rings. The summed E-state index contributed by atoms with van der Waals surface area (Å²) in [6.45, 7) is 7.14. The van der Waals surface area contributed by atoms with E-state index in [0.29, 0.717) is 11.6 Å². The molecule has 0 atom stereocenters. The van der Waals surface area contributed by atoms with Crippen molar-refractivity contribution in [2.45, 2.75) is 26.7 Å². The second-order valence-electron chi connectivity index (χ2n) is 5.24. The summed E-state index contributed by atoms with van der Waals surface area (Å²) in [6.07, 6.45) is 2.30. The standard InChI is InChI=1S/C13H19N5/c1-10-7-11(8-14)18-12(17-10)16-9-13(2)3-5-15-6-4-13/h7,15H,3-6,9H2,1-2H3,(H,16,17,18). The second-order valence-corrected chi connectivity index (χ2v) is 5.24. The fourth-order valence-corrected chi connectivity index (χ4v) is 2.20. The van der Waals surface area contributed by atoms with Crippen molar-refractivity contribution in [2.75, 3.05) is 25.0 Å². The summed E-state index contributed by atoms with van der Waals surface area (Å²) < 4.78 is 0. The Balaban J connectivity index is 2.01. The molecule has 0 aliphatic carbocycles. The maximum atomic E-state index is 8.88. The highest BCUT2D eigenvalue weighted by atomic mass is 15.1. The molecule has 5 nitrogen and oxygen atoms in total. The lowest BCUT2D eigenvalue weighted by molar-refractivity contribution is 0.247. The molecule has 5 heteroatoms. The van der Waals surface area contributed by atoms with Gasteiger partial charge in [0.05, 0.1) is 0 Å². The van der Waals surface area contributed by atoms with Crippen LogP contribution in [0.1, 0.15) is 31.2 Å². The number of hydrogen-bond acceptors (Lipinski definition) is 5. The van der Waals surface area contributed by atoms with Crippen molar-refractivity contribution >= 4 is 5.95 Å². The molecule has 0 radical (unpaired) electrons. The number of nitriles is 1. The summed E-state index contributed by atoms with van der Waals surface area (Å²) in [5, 5.41) is 15.5. The number of aromatic nitrogens is 2. The van der Waals surface area contributed by atoms with Gasteiger partial charge in [0, 0.05) is 12.2 Å². The zero-order valence-electron chi connectivity index (χ0n) is 11.0. The van der Waals surface area contributed by atoms with Crippen molar-refractivity contribution < 1.29 is 0 Å². The van der Waals surface area contributed by atoms with E-state index in [-0.39, 0.29) is 5.41 Å². The van der Waals surface area contributed by atoms with Gasteiger partial charge in [0.25, 0.3) is 0 Å². The summed E-state index contributed by atoms with van der Waals surface area (Å²) in [5.41, 5.74) is 1.52. The van der Waals surface area contributed by atoms with E-state index in [4.69, 9.17) is 5.26 Å². The van der Waals surface area contributed by atoms with Crippen LogP contribution in [0.15, 0.2) is 6.07 Å². The van der Waals surface area contributed by atoms with Crippen LogP contribution in [0, 0.1) is 23.7 Å². The van der Waals surface area contributed by atoms with E-state index in [0.717, 1.165) is 38.2 Å². The Kier molecular flexibility index (Phi) is 3.78. The van der Waals surface area contributed by atoms with E-state index in [1.807, 2.05) is 6.92 Å². The molecule has 18 heavy (non-hydrogen) atoms. The number of piperidine rings is 1. The number of nitrogens with zero attached hydrogens (tertiary/aromatic N) is 3. The monoisotopic (exact) mass is 245 g/mol. The molecule has 0 amide bonds. The van der Waals surface area contributed by atoms with Crippen molar-refractivity contribution in [1.29, 1.82) is 5.26 Å². The lowest BCUT2D eigenvalue weighted by atomic mass is 9.81. The van der Waals surface area contributed by atoms with Crippen LogP contribution >= 0.6 is 0 Å². The minimum Gasteiger partial charge on any atom is -0.354 e. The molecule has 1 saturated heterocycles. The lowest BCUT2D eigenvalue weighted by Gasteiger charge is -2.34. The highest BCUT2D eigenvalue weighted by Crippen LogP contribution is 2.27. The van der Waals surface area contributed by atoms with Gasteiger partial charge in [-0.1, -0.05) is 6.92 Å². The van der Waals surface area contributed by atoms with Crippen LogP contribution in [0.5, 0.6) is 0 Å². The van der Waals surface area contributed by atoms with E-state index in [1.165, 1.54) is 0 Å². The first-order valence-electron chi connectivity index (χ1n) is 6.32. The Morgan fingerprint density at radius 1 is 1.44 bits per heavy atom. The first kappa shape index (κ1) is 12.8. The van der Waals surface area contributed by atoms with Gasteiger partial charge in [-0.05, 0) is 44.3 Å². The Labute approximate surface area is 108 Å². The molecule has 0 unspecified atom stereocenters. The molecule has 0 aromatic carbocycles. The zero-order chi connectivity index (χ0) is 13.0. The molecule has 1 fully saturated rings. The molecule has 2 rings (SSSR count). The average molecular weight is 245 g/mol. The zero-order valence-corrected chi connectivity index (χ0v) is 11.0. The normalized spacial score (nSPS) is 18.1. The van der Waals surface area contributed by atoms with Crippen molar-refractivity contribution in [3.63, 3.8) is 0 Å². The van der Waals surface area contributed by atoms with Gasteiger partial charge in [0.15, 0.2) is 0 Å². The quantitative estimate of drug-likeness (QED) is 0.843. The summed E-state index contributed by atoms with van der Waals surface area (Å²) >= 11 is 0. The smallest absolute Gasteiger partial charge is 0.224 e. The Bertz CT molecular complexity index is 457. The minimum atomic E-state index is 0.283. The van der Waals surface area contributed by atoms with Crippen molar-refractivity contribution in [1.82, 2.24) is 15.3 Å². The molecule has 1 aliphatic heterocycles. The van der Waals surface area contributed by atoms with E-state index in [2.05, 4.69) is 33.6 Å². The largest absolute Gasteiger partial charge is 0.354 e. The third-order valence-electron chi connectivity index (χ3n) is 3.45. The first-order chi connectivity index (χ1) is 8.61. The molecule has 0 bridgehead atoms. The SMILES string of the molecule is Cc1cc(C#N)nc(NCC2(C)CCNCC2)n1. The molecule has 0 spiro atoms. The Hall–Kier alpha value is -1.67. The van der Waals surface area contributed by atoms with Crippen molar-refractivity contribution in [3.8, 4) is 6.07 Å². The van der Waals surface area contributed by atoms with Gasteiger partial charge in [-0.25, -0.2) is 9.97 Å². The van der Waals surface area contributed by atoms with Gasteiger partial charge in [-0.3, -0.25) is 0 Å². The summed E-state index contributed by atoms with van der Waals surface area (Å²) in [7, 11) is 0. The van der Waals surface area contributed by atoms with Gasteiger partial charge in [-0.15, -0.1) is 0 Å². The highest BCUT2D eigenvalue weighted by Gasteiger charge is 2.26. The number of anilines is 1. The highest BCUT2D eigenvalue weighted by molar-refractivity contribution is 5.33. The second kappa shape index (κ2) is 5.32. The molecular weight excluding hydrogens is 226 g/mol. The van der Waals surface area contributed by atoms with Crippen LogP contribution < -0.4 is 10.6 Å². The molecule has 2 N–H and O–H groups in total. The van der Waals surface area contributed by atoms with Crippen molar-refractivity contribution in [2.24, 2.45) is 5.41 Å². The van der Waals surface area contributed by atoms with E-state index >= 15 is 0 Å². The third kappa shape index (κ3) is 3.17. The maximum absolute atomic E-state index is 8.88. The van der Waals surface area contributed by atoms with Crippen molar-refractivity contribution in [3.05, 3.63) is 17.5 Å². The number of rotatable bonds is 3. The summed E-state index contributed by atoms with van der Waals surface area (Å²) in [5.74, 6) is 0.561. The van der Waals surface area contributed by atoms with Crippen LogP contribution in [0.4, 0.5) is 5.95 Å². The van der Waals surface area contributed by atoms with Gasteiger partial charge in [0.2, 0.25) is 5.95 Å². The first-order valence-corrected chi connectivity index (χ1v) is 6.32. The van der Waals surface area contributed by atoms with E-state index < -0.39 is 0 Å². The molecule has 1 aliphatic rings. The average Bonchev–Trinajstić information content (AvgIpc) is 2.37. The Morgan fingerprint density at radius 2 is 2.17 bits per heavy atom. The number of nitrogens with one attached hydrogen (secondary N) is 2. The summed E-state index contributed by atoms with van der Waals surface area (Å²) in [4.78, 5) is 8.48. The minimum absolute atomic E-state index is 0.283. The topological polar surface area (TPSA) is 73.6 Å². The molecule has 2 heterocycles. The maximum Gasteiger partial charge on any atom is 0.224 e. The van der Waals surface area contributed by atoms with Crippen LogP contribution in [0.2, 0.25) is 0 Å². The molecular formula is C13H19N5. The third-order valence-corrected chi connectivity index (χ3v) is 3.45.